The van der Waals surface area contributed by atoms with Crippen molar-refractivity contribution in [3.63, 3.8) is 0 Å². The Balaban J connectivity index is 2.50. The lowest BCUT2D eigenvalue weighted by Crippen LogP contribution is -2.23. The van der Waals surface area contributed by atoms with Crippen LogP contribution in [0.4, 0.5) is 0 Å². The number of rotatable bonds is 3. The third-order valence-corrected chi connectivity index (χ3v) is 2.81. The predicted octanol–water partition coefficient (Wildman–Crippen LogP) is 1.40. The third-order valence-electron chi connectivity index (χ3n) is 2.81. The van der Waals surface area contributed by atoms with Crippen molar-refractivity contribution >= 4 is 5.97 Å². The molecule has 1 atom stereocenters. The Hall–Kier alpha value is -1.75. The van der Waals surface area contributed by atoms with E-state index in [2.05, 4.69) is 0 Å². The molecule has 1 aromatic rings. The van der Waals surface area contributed by atoms with E-state index >= 15 is 0 Å². The molecule has 17 heavy (non-hydrogen) atoms. The van der Waals surface area contributed by atoms with E-state index in [9.17, 15) is 4.79 Å². The summed E-state index contributed by atoms with van der Waals surface area (Å²) in [4.78, 5) is 11.1. The molecule has 0 spiro atoms. The summed E-state index contributed by atoms with van der Waals surface area (Å²) in [7, 11) is 3.07. The number of aliphatic carboxylic acids is 1. The summed E-state index contributed by atoms with van der Waals surface area (Å²) in [6, 6.07) is 3.48. The van der Waals surface area contributed by atoms with Crippen LogP contribution in [0.25, 0.3) is 0 Å². The van der Waals surface area contributed by atoms with Crippen LogP contribution in [-0.2, 0) is 16.0 Å². The first kappa shape index (κ1) is 11.7. The van der Waals surface area contributed by atoms with E-state index < -0.39 is 12.1 Å². The summed E-state index contributed by atoms with van der Waals surface area (Å²) in [5, 5.41) is 9.08. The molecule has 1 N–H and O–H groups in total. The lowest BCUT2D eigenvalue weighted by Gasteiger charge is -2.24. The molecule has 1 unspecified atom stereocenters. The van der Waals surface area contributed by atoms with Crippen molar-refractivity contribution in [2.75, 3.05) is 20.8 Å². The highest BCUT2D eigenvalue weighted by molar-refractivity contribution is 5.76. The van der Waals surface area contributed by atoms with Gasteiger partial charge in [0.15, 0.2) is 17.6 Å². The number of fused-ring (bicyclic) bond motifs is 1. The third kappa shape index (κ3) is 2.06. The number of methoxy groups -OCH3 is 2. The molecule has 0 saturated heterocycles. The summed E-state index contributed by atoms with van der Waals surface area (Å²) in [6.07, 6.45) is -0.238. The molecule has 0 saturated carbocycles. The molecule has 0 aromatic heterocycles. The minimum atomic E-state index is -0.988. The molecule has 92 valence electrons. The average Bonchev–Trinajstić information content (AvgIpc) is 2.35. The van der Waals surface area contributed by atoms with Crippen LogP contribution in [0.2, 0.25) is 0 Å². The maximum Gasteiger partial charge on any atom is 0.337 e. The topological polar surface area (TPSA) is 65.0 Å². The zero-order valence-corrected chi connectivity index (χ0v) is 9.73. The highest BCUT2D eigenvalue weighted by atomic mass is 16.5. The Labute approximate surface area is 98.9 Å². The molecule has 0 fully saturated rings. The molecule has 1 aliphatic heterocycles. The van der Waals surface area contributed by atoms with E-state index in [1.807, 2.05) is 6.07 Å². The van der Waals surface area contributed by atoms with Crippen LogP contribution in [-0.4, -0.2) is 31.9 Å². The summed E-state index contributed by atoms with van der Waals surface area (Å²) >= 11 is 0. The van der Waals surface area contributed by atoms with Crippen molar-refractivity contribution in [2.45, 2.75) is 12.5 Å². The first-order valence-corrected chi connectivity index (χ1v) is 5.26. The van der Waals surface area contributed by atoms with Crippen LogP contribution in [0.5, 0.6) is 11.5 Å². The number of ether oxygens (including phenoxy) is 3. The molecule has 1 heterocycles. The highest BCUT2D eigenvalue weighted by Gasteiger charge is 2.28. The molecule has 2 rings (SSSR count). The molecular formula is C12H14O5. The van der Waals surface area contributed by atoms with E-state index in [0.29, 0.717) is 30.1 Å². The van der Waals surface area contributed by atoms with Gasteiger partial charge in [-0.1, -0.05) is 0 Å². The van der Waals surface area contributed by atoms with Crippen LogP contribution in [0.3, 0.4) is 0 Å². The van der Waals surface area contributed by atoms with Gasteiger partial charge in [-0.15, -0.1) is 0 Å². The number of carboxylic acids is 1. The fraction of sp³-hybridized carbons (Fsp3) is 0.417. The van der Waals surface area contributed by atoms with Crippen LogP contribution in [0.15, 0.2) is 12.1 Å². The maximum absolute atomic E-state index is 11.1. The Morgan fingerprint density at radius 1 is 1.35 bits per heavy atom. The lowest BCUT2D eigenvalue weighted by atomic mass is 9.96. The normalized spacial score (nSPS) is 18.4. The van der Waals surface area contributed by atoms with Crippen LogP contribution in [0, 0.1) is 0 Å². The second kappa shape index (κ2) is 4.63. The van der Waals surface area contributed by atoms with Crippen LogP contribution >= 0.6 is 0 Å². The summed E-state index contributed by atoms with van der Waals surface area (Å²) in [5.74, 6) is 0.137. The Morgan fingerprint density at radius 3 is 2.59 bits per heavy atom. The molecule has 0 radical (unpaired) electrons. The van der Waals surface area contributed by atoms with Gasteiger partial charge in [0.2, 0.25) is 0 Å². The van der Waals surface area contributed by atoms with Crippen molar-refractivity contribution < 1.29 is 24.1 Å². The van der Waals surface area contributed by atoms with Gasteiger partial charge in [0, 0.05) is 0 Å². The number of hydrogen-bond donors (Lipinski definition) is 1. The van der Waals surface area contributed by atoms with Crippen molar-refractivity contribution in [3.8, 4) is 11.5 Å². The zero-order chi connectivity index (χ0) is 12.4. The van der Waals surface area contributed by atoms with Crippen molar-refractivity contribution in [1.82, 2.24) is 0 Å². The van der Waals surface area contributed by atoms with Crippen LogP contribution in [0.1, 0.15) is 17.2 Å². The zero-order valence-electron chi connectivity index (χ0n) is 9.73. The second-order valence-electron chi connectivity index (χ2n) is 3.75. The lowest BCUT2D eigenvalue weighted by molar-refractivity contribution is -0.151. The molecule has 1 aliphatic rings. The molecule has 0 aliphatic carbocycles. The van der Waals surface area contributed by atoms with Gasteiger partial charge in [-0.25, -0.2) is 4.79 Å². The molecule has 1 aromatic carbocycles. The monoisotopic (exact) mass is 238 g/mol. The van der Waals surface area contributed by atoms with Gasteiger partial charge < -0.3 is 19.3 Å². The van der Waals surface area contributed by atoms with Gasteiger partial charge in [-0.3, -0.25) is 0 Å². The molecular weight excluding hydrogens is 224 g/mol. The Bertz CT molecular complexity index is 441. The SMILES string of the molecule is COc1cc2c(cc1OC)C(C(=O)O)OCC2. The summed E-state index contributed by atoms with van der Waals surface area (Å²) < 4.78 is 15.6. The number of benzene rings is 1. The van der Waals surface area contributed by atoms with E-state index in [1.165, 1.54) is 7.11 Å². The fourth-order valence-electron chi connectivity index (χ4n) is 1.98. The van der Waals surface area contributed by atoms with Gasteiger partial charge in [0.1, 0.15) is 0 Å². The molecule has 5 heteroatoms. The predicted molar refractivity (Wildman–Crippen MR) is 59.6 cm³/mol. The van der Waals surface area contributed by atoms with Gasteiger partial charge in [0.25, 0.3) is 0 Å². The highest BCUT2D eigenvalue weighted by Crippen LogP contribution is 2.36. The number of carbonyl (C=O) groups is 1. The largest absolute Gasteiger partial charge is 0.493 e. The minimum Gasteiger partial charge on any atom is -0.493 e. The second-order valence-corrected chi connectivity index (χ2v) is 3.75. The molecule has 0 bridgehead atoms. The van der Waals surface area contributed by atoms with E-state index in [-0.39, 0.29) is 0 Å². The van der Waals surface area contributed by atoms with Gasteiger partial charge in [-0.2, -0.15) is 0 Å². The quantitative estimate of drug-likeness (QED) is 0.862. The summed E-state index contributed by atoms with van der Waals surface area (Å²) in [6.45, 7) is 0.402. The van der Waals surface area contributed by atoms with Gasteiger partial charge in [0.05, 0.1) is 20.8 Å². The van der Waals surface area contributed by atoms with Gasteiger partial charge >= 0.3 is 5.97 Å². The Morgan fingerprint density at radius 2 is 2.00 bits per heavy atom. The molecule has 5 nitrogen and oxygen atoms in total. The Kier molecular flexibility index (Phi) is 3.19. The first-order valence-electron chi connectivity index (χ1n) is 5.26. The van der Waals surface area contributed by atoms with Crippen molar-refractivity contribution in [1.29, 1.82) is 0 Å². The molecule has 0 amide bonds. The number of carboxylic acid groups (broad SMARTS) is 1. The summed E-state index contributed by atoms with van der Waals surface area (Å²) in [5.41, 5.74) is 1.57. The smallest absolute Gasteiger partial charge is 0.337 e. The maximum atomic E-state index is 11.1. The number of hydrogen-bond acceptors (Lipinski definition) is 4. The fourth-order valence-corrected chi connectivity index (χ4v) is 1.98. The average molecular weight is 238 g/mol. The first-order chi connectivity index (χ1) is 8.17. The van der Waals surface area contributed by atoms with Crippen molar-refractivity contribution in [3.05, 3.63) is 23.3 Å². The van der Waals surface area contributed by atoms with E-state index in [4.69, 9.17) is 19.3 Å². The van der Waals surface area contributed by atoms with E-state index in [1.54, 1.807) is 13.2 Å². The standard InChI is InChI=1S/C12H14O5/c1-15-9-5-7-3-4-17-11(12(13)14)8(7)6-10(9)16-2/h5-6,11H,3-4H2,1-2H3,(H,13,14). The minimum absolute atomic E-state index is 0.402. The van der Waals surface area contributed by atoms with Crippen molar-refractivity contribution in [2.24, 2.45) is 0 Å². The van der Waals surface area contributed by atoms with E-state index in [0.717, 1.165) is 5.56 Å². The van der Waals surface area contributed by atoms with Crippen LogP contribution < -0.4 is 9.47 Å². The van der Waals surface area contributed by atoms with Gasteiger partial charge in [-0.05, 0) is 29.7 Å².